The molecule has 0 fully saturated rings. The van der Waals surface area contributed by atoms with E-state index in [9.17, 15) is 0 Å². The summed E-state index contributed by atoms with van der Waals surface area (Å²) in [6, 6.07) is 18.7. The second-order valence-electron chi connectivity index (χ2n) is 4.66. The molecule has 88 valence electrons. The van der Waals surface area contributed by atoms with Crippen LogP contribution in [0.3, 0.4) is 0 Å². The molecule has 1 heteroatoms. The molecular formula is C17H15O+. The maximum absolute atomic E-state index is 6.02. The minimum absolute atomic E-state index is 0.914. The number of para-hydroxylation sites is 1. The second kappa shape index (κ2) is 4.26. The van der Waals surface area contributed by atoms with Crippen LogP contribution in [0, 0.1) is 13.8 Å². The Balaban J connectivity index is 2.18. The highest BCUT2D eigenvalue weighted by Gasteiger charge is 2.15. The Kier molecular flexibility index (Phi) is 2.60. The van der Waals surface area contributed by atoms with Gasteiger partial charge in [0.1, 0.15) is 0 Å². The van der Waals surface area contributed by atoms with E-state index in [1.165, 1.54) is 11.1 Å². The van der Waals surface area contributed by atoms with Gasteiger partial charge in [-0.05, 0) is 44.2 Å². The summed E-state index contributed by atoms with van der Waals surface area (Å²) in [5.41, 5.74) is 4.51. The van der Waals surface area contributed by atoms with E-state index < -0.39 is 0 Å². The van der Waals surface area contributed by atoms with Crippen molar-refractivity contribution in [2.45, 2.75) is 13.8 Å². The summed E-state index contributed by atoms with van der Waals surface area (Å²) in [4.78, 5) is 0. The van der Waals surface area contributed by atoms with Gasteiger partial charge in [0, 0.05) is 6.07 Å². The fraction of sp³-hybridized carbons (Fsp3) is 0.118. The first-order valence-corrected chi connectivity index (χ1v) is 6.13. The molecule has 1 heterocycles. The van der Waals surface area contributed by atoms with E-state index in [0.29, 0.717) is 0 Å². The quantitative estimate of drug-likeness (QED) is 0.540. The summed E-state index contributed by atoms with van der Waals surface area (Å²) in [5, 5.41) is 1.14. The molecule has 0 amide bonds. The van der Waals surface area contributed by atoms with Gasteiger partial charge in [-0.25, -0.2) is 4.42 Å². The van der Waals surface area contributed by atoms with E-state index in [-0.39, 0.29) is 0 Å². The third-order valence-corrected chi connectivity index (χ3v) is 3.20. The number of benzene rings is 2. The van der Waals surface area contributed by atoms with Crippen molar-refractivity contribution >= 4 is 11.0 Å². The van der Waals surface area contributed by atoms with Crippen LogP contribution in [0.25, 0.3) is 22.3 Å². The molecule has 1 nitrogen and oxygen atoms in total. The molecule has 0 N–H and O–H groups in total. The highest BCUT2D eigenvalue weighted by Crippen LogP contribution is 2.26. The van der Waals surface area contributed by atoms with Gasteiger partial charge in [-0.1, -0.05) is 23.8 Å². The minimum Gasteiger partial charge on any atom is -0.207 e. The first-order chi connectivity index (χ1) is 8.74. The Morgan fingerprint density at radius 1 is 0.778 bits per heavy atom. The number of hydrogen-bond donors (Lipinski definition) is 0. The summed E-state index contributed by atoms with van der Waals surface area (Å²) in [7, 11) is 0. The minimum atomic E-state index is 0.914. The largest absolute Gasteiger partial charge is 0.363 e. The highest BCUT2D eigenvalue weighted by atomic mass is 16.3. The predicted molar refractivity (Wildman–Crippen MR) is 75.5 cm³/mol. The van der Waals surface area contributed by atoms with Crippen molar-refractivity contribution in [3.05, 3.63) is 65.7 Å². The Hall–Kier alpha value is -2.15. The van der Waals surface area contributed by atoms with Crippen LogP contribution >= 0.6 is 0 Å². The van der Waals surface area contributed by atoms with Gasteiger partial charge in [0.05, 0.1) is 16.5 Å². The molecule has 0 aliphatic rings. The molecule has 0 radical (unpaired) electrons. The van der Waals surface area contributed by atoms with Crippen molar-refractivity contribution in [1.29, 1.82) is 0 Å². The van der Waals surface area contributed by atoms with Gasteiger partial charge in [-0.15, -0.1) is 0 Å². The predicted octanol–water partition coefficient (Wildman–Crippen LogP) is 5.00. The fourth-order valence-corrected chi connectivity index (χ4v) is 2.13. The van der Waals surface area contributed by atoms with Gasteiger partial charge in [-0.2, -0.15) is 0 Å². The van der Waals surface area contributed by atoms with Crippen molar-refractivity contribution in [3.8, 4) is 11.3 Å². The molecule has 0 bridgehead atoms. The first kappa shape index (κ1) is 11.0. The molecule has 3 rings (SSSR count). The molecule has 2 aromatic carbocycles. The standard InChI is InChI=1S/C17H15O/c1-12-6-8-14(9-7-12)16-11-10-15-5-3-4-13(2)17(15)18-16/h3-11H,1-2H3/q+1. The molecule has 18 heavy (non-hydrogen) atoms. The van der Waals surface area contributed by atoms with Gasteiger partial charge >= 0.3 is 11.3 Å². The topological polar surface area (TPSA) is 11.3 Å². The summed E-state index contributed by atoms with van der Waals surface area (Å²) >= 11 is 0. The normalized spacial score (nSPS) is 10.8. The highest BCUT2D eigenvalue weighted by molar-refractivity contribution is 5.81. The van der Waals surface area contributed by atoms with Crippen LogP contribution in [0.1, 0.15) is 11.1 Å². The van der Waals surface area contributed by atoms with E-state index in [1.807, 2.05) is 6.07 Å². The average Bonchev–Trinajstić information content (AvgIpc) is 2.40. The summed E-state index contributed by atoms with van der Waals surface area (Å²) in [6.07, 6.45) is 0. The lowest BCUT2D eigenvalue weighted by Crippen LogP contribution is -1.82. The Morgan fingerprint density at radius 2 is 1.56 bits per heavy atom. The number of hydrogen-bond acceptors (Lipinski definition) is 0. The van der Waals surface area contributed by atoms with Crippen LogP contribution in [-0.2, 0) is 0 Å². The van der Waals surface area contributed by atoms with E-state index in [4.69, 9.17) is 4.42 Å². The number of fused-ring (bicyclic) bond motifs is 1. The second-order valence-corrected chi connectivity index (χ2v) is 4.66. The fourth-order valence-electron chi connectivity index (χ4n) is 2.13. The van der Waals surface area contributed by atoms with Crippen LogP contribution in [0.15, 0.2) is 59.0 Å². The maximum atomic E-state index is 6.02. The van der Waals surface area contributed by atoms with E-state index in [1.54, 1.807) is 0 Å². The molecule has 0 saturated carbocycles. The van der Waals surface area contributed by atoms with Gasteiger partial charge in [0.25, 0.3) is 0 Å². The molecule has 0 aliphatic heterocycles. The third-order valence-electron chi connectivity index (χ3n) is 3.20. The summed E-state index contributed by atoms with van der Waals surface area (Å²) in [5.74, 6) is 0.914. The molecule has 3 aromatic rings. The molecular weight excluding hydrogens is 220 g/mol. The zero-order chi connectivity index (χ0) is 12.5. The smallest absolute Gasteiger partial charge is 0.207 e. The SMILES string of the molecule is Cc1ccc(-c2ccc3cccc(C)c3[o+]2)cc1. The lowest BCUT2D eigenvalue weighted by molar-refractivity contribution is 0.617. The zero-order valence-corrected chi connectivity index (χ0v) is 10.6. The van der Waals surface area contributed by atoms with Crippen LogP contribution in [0.2, 0.25) is 0 Å². The van der Waals surface area contributed by atoms with Crippen molar-refractivity contribution < 1.29 is 4.42 Å². The number of aryl methyl sites for hydroxylation is 2. The van der Waals surface area contributed by atoms with Gasteiger partial charge in [-0.3, -0.25) is 0 Å². The Morgan fingerprint density at radius 3 is 2.33 bits per heavy atom. The third kappa shape index (κ3) is 1.88. The van der Waals surface area contributed by atoms with E-state index in [0.717, 1.165) is 22.3 Å². The van der Waals surface area contributed by atoms with Crippen LogP contribution in [0.5, 0.6) is 0 Å². The van der Waals surface area contributed by atoms with Crippen molar-refractivity contribution in [3.63, 3.8) is 0 Å². The average molecular weight is 235 g/mol. The van der Waals surface area contributed by atoms with E-state index >= 15 is 0 Å². The molecule has 0 atom stereocenters. The Bertz CT molecular complexity index is 696. The monoisotopic (exact) mass is 235 g/mol. The molecule has 0 saturated heterocycles. The molecule has 0 spiro atoms. The zero-order valence-electron chi connectivity index (χ0n) is 10.6. The van der Waals surface area contributed by atoms with Crippen molar-refractivity contribution in [1.82, 2.24) is 0 Å². The van der Waals surface area contributed by atoms with Crippen LogP contribution in [0.4, 0.5) is 0 Å². The lowest BCUT2D eigenvalue weighted by Gasteiger charge is -1.96. The lowest BCUT2D eigenvalue weighted by atomic mass is 10.1. The Labute approximate surface area is 107 Å². The van der Waals surface area contributed by atoms with Crippen LogP contribution in [-0.4, -0.2) is 0 Å². The number of rotatable bonds is 1. The molecule has 0 unspecified atom stereocenters. The van der Waals surface area contributed by atoms with Gasteiger partial charge in [0.15, 0.2) is 0 Å². The summed E-state index contributed by atoms with van der Waals surface area (Å²) < 4.78 is 6.02. The van der Waals surface area contributed by atoms with Gasteiger partial charge in [0.2, 0.25) is 0 Å². The van der Waals surface area contributed by atoms with E-state index in [2.05, 4.69) is 62.4 Å². The van der Waals surface area contributed by atoms with Gasteiger partial charge < -0.3 is 0 Å². The molecule has 0 aliphatic carbocycles. The van der Waals surface area contributed by atoms with Crippen molar-refractivity contribution in [2.24, 2.45) is 0 Å². The van der Waals surface area contributed by atoms with Crippen LogP contribution < -0.4 is 0 Å². The first-order valence-electron chi connectivity index (χ1n) is 6.13. The molecule has 1 aromatic heterocycles. The summed E-state index contributed by atoms with van der Waals surface area (Å²) in [6.45, 7) is 4.16. The maximum Gasteiger partial charge on any atom is 0.363 e. The van der Waals surface area contributed by atoms with Crippen molar-refractivity contribution in [2.75, 3.05) is 0 Å².